The summed E-state index contributed by atoms with van der Waals surface area (Å²) < 4.78 is 62.0. The molecule has 4 rings (SSSR count). The van der Waals surface area contributed by atoms with E-state index in [1.807, 2.05) is 48.2 Å². The fourth-order valence-corrected chi connectivity index (χ4v) is 5.39. The van der Waals surface area contributed by atoms with Crippen molar-refractivity contribution >= 4 is 16.9 Å². The van der Waals surface area contributed by atoms with Crippen LogP contribution in [0.15, 0.2) is 48.6 Å². The maximum absolute atomic E-state index is 15.7. The summed E-state index contributed by atoms with van der Waals surface area (Å²) >= 11 is 0. The number of hydrogen-bond acceptors (Lipinski definition) is 5. The summed E-state index contributed by atoms with van der Waals surface area (Å²) in [7, 11) is 0. The van der Waals surface area contributed by atoms with E-state index in [4.69, 9.17) is 14.2 Å². The van der Waals surface area contributed by atoms with E-state index in [0.29, 0.717) is 38.2 Å². The van der Waals surface area contributed by atoms with Gasteiger partial charge < -0.3 is 19.2 Å². The Labute approximate surface area is 239 Å². The van der Waals surface area contributed by atoms with Crippen LogP contribution >= 0.6 is 0 Å². The third-order valence-electron chi connectivity index (χ3n) is 7.08. The van der Waals surface area contributed by atoms with Gasteiger partial charge in [-0.3, -0.25) is 4.90 Å². The van der Waals surface area contributed by atoms with Crippen LogP contribution in [0.3, 0.4) is 0 Å². The highest BCUT2D eigenvalue weighted by Gasteiger charge is 2.41. The number of esters is 1. The Bertz CT molecular complexity index is 1340. The Morgan fingerprint density at radius 3 is 2.49 bits per heavy atom. The Morgan fingerprint density at radius 1 is 1.12 bits per heavy atom. The normalized spacial score (nSPS) is 17.7. The number of ether oxygens (including phenoxy) is 3. The SMILES string of the molecule is CCOC(=O)COCC/C=C/CCOc1cc(F)c([C@@H]2c3[nH]c4ccccc4c3C[C@@H](C)N2CC(C)(C)F)c(F)c1. The minimum atomic E-state index is -1.56. The molecule has 1 aromatic heterocycles. The number of benzene rings is 2. The standard InChI is InChI=1S/C32H39F3N2O4/c1-5-40-28(38)19-39-14-10-6-7-11-15-41-22-17-25(33)29(26(34)18-22)31-30-24(23-12-8-9-13-27(23)36-30)16-21(2)37(31)20-32(3,4)35/h6-9,12-13,17-18,21,31,36H,5,10-11,14-16,19-20H2,1-4H3/b7-6+/t21-,31-/m1/s1. The molecule has 222 valence electrons. The number of halogens is 3. The van der Waals surface area contributed by atoms with Crippen molar-refractivity contribution in [1.29, 1.82) is 0 Å². The minimum Gasteiger partial charge on any atom is -0.493 e. The second-order valence-corrected chi connectivity index (χ2v) is 11.0. The van der Waals surface area contributed by atoms with Crippen LogP contribution in [0.4, 0.5) is 13.2 Å². The molecule has 0 bridgehead atoms. The Morgan fingerprint density at radius 2 is 1.80 bits per heavy atom. The van der Waals surface area contributed by atoms with Crippen molar-refractivity contribution in [2.75, 3.05) is 33.0 Å². The van der Waals surface area contributed by atoms with Gasteiger partial charge in [-0.1, -0.05) is 30.4 Å². The van der Waals surface area contributed by atoms with Crippen molar-refractivity contribution in [3.8, 4) is 5.75 Å². The van der Waals surface area contributed by atoms with Gasteiger partial charge in [0.2, 0.25) is 0 Å². The highest BCUT2D eigenvalue weighted by atomic mass is 19.1. The van der Waals surface area contributed by atoms with Gasteiger partial charge in [-0.15, -0.1) is 0 Å². The molecule has 0 fully saturated rings. The van der Waals surface area contributed by atoms with Gasteiger partial charge in [-0.25, -0.2) is 18.0 Å². The molecule has 3 aromatic rings. The van der Waals surface area contributed by atoms with E-state index in [1.165, 1.54) is 26.0 Å². The quantitative estimate of drug-likeness (QED) is 0.138. The van der Waals surface area contributed by atoms with Crippen LogP contribution in [0.25, 0.3) is 10.9 Å². The van der Waals surface area contributed by atoms with E-state index in [-0.39, 0.29) is 37.1 Å². The fraction of sp³-hybridized carbons (Fsp3) is 0.469. The largest absolute Gasteiger partial charge is 0.493 e. The molecule has 1 aliphatic rings. The molecule has 1 aliphatic heterocycles. The van der Waals surface area contributed by atoms with Gasteiger partial charge in [0.1, 0.15) is 29.7 Å². The van der Waals surface area contributed by atoms with E-state index >= 15 is 8.78 Å². The molecule has 9 heteroatoms. The van der Waals surface area contributed by atoms with Crippen molar-refractivity contribution in [2.24, 2.45) is 0 Å². The lowest BCUT2D eigenvalue weighted by atomic mass is 9.87. The van der Waals surface area contributed by atoms with E-state index in [0.717, 1.165) is 16.5 Å². The van der Waals surface area contributed by atoms with E-state index in [2.05, 4.69) is 4.98 Å². The first-order valence-corrected chi connectivity index (χ1v) is 14.1. The first-order valence-electron chi connectivity index (χ1n) is 14.1. The molecule has 2 heterocycles. The molecular formula is C32H39F3N2O4. The van der Waals surface area contributed by atoms with Crippen molar-refractivity contribution in [3.05, 3.63) is 77.0 Å². The molecular weight excluding hydrogens is 533 g/mol. The summed E-state index contributed by atoms with van der Waals surface area (Å²) in [6.07, 6.45) is 5.55. The zero-order valence-corrected chi connectivity index (χ0v) is 24.1. The van der Waals surface area contributed by atoms with Crippen molar-refractivity contribution in [3.63, 3.8) is 0 Å². The lowest BCUT2D eigenvalue weighted by molar-refractivity contribution is -0.148. The number of nitrogens with one attached hydrogen (secondary N) is 1. The fourth-order valence-electron chi connectivity index (χ4n) is 5.39. The van der Waals surface area contributed by atoms with Crippen LogP contribution < -0.4 is 4.74 Å². The lowest BCUT2D eigenvalue weighted by Crippen LogP contribution is -2.48. The minimum absolute atomic E-state index is 0.0188. The van der Waals surface area contributed by atoms with Gasteiger partial charge in [0.05, 0.1) is 25.9 Å². The molecule has 2 atom stereocenters. The number of carbonyl (C=O) groups is 1. The molecule has 2 aromatic carbocycles. The molecule has 1 N–H and O–H groups in total. The van der Waals surface area contributed by atoms with Crippen LogP contribution in [0.2, 0.25) is 0 Å². The van der Waals surface area contributed by atoms with Crippen LogP contribution in [-0.2, 0) is 20.7 Å². The molecule has 0 radical (unpaired) electrons. The predicted octanol–water partition coefficient (Wildman–Crippen LogP) is 6.83. The number of carbonyl (C=O) groups excluding carboxylic acids is 1. The van der Waals surface area contributed by atoms with Crippen LogP contribution in [0.1, 0.15) is 63.4 Å². The number of hydrogen-bond donors (Lipinski definition) is 1. The molecule has 0 aliphatic carbocycles. The van der Waals surface area contributed by atoms with Crippen molar-refractivity contribution in [1.82, 2.24) is 9.88 Å². The number of H-pyrrole nitrogens is 1. The number of alkyl halides is 1. The monoisotopic (exact) mass is 572 g/mol. The lowest BCUT2D eigenvalue weighted by Gasteiger charge is -2.43. The van der Waals surface area contributed by atoms with E-state index < -0.39 is 29.3 Å². The number of rotatable bonds is 13. The predicted molar refractivity (Wildman–Crippen MR) is 153 cm³/mol. The summed E-state index contributed by atoms with van der Waals surface area (Å²) in [5, 5.41) is 1.01. The van der Waals surface area contributed by atoms with Gasteiger partial charge in [0, 0.05) is 46.9 Å². The number of fused-ring (bicyclic) bond motifs is 3. The summed E-state index contributed by atoms with van der Waals surface area (Å²) in [5.41, 5.74) is 0.894. The van der Waals surface area contributed by atoms with Gasteiger partial charge in [0.25, 0.3) is 0 Å². The highest BCUT2D eigenvalue weighted by Crippen LogP contribution is 2.43. The number of para-hydroxylation sites is 1. The maximum Gasteiger partial charge on any atom is 0.332 e. The van der Waals surface area contributed by atoms with Gasteiger partial charge in [-0.05, 0) is 58.6 Å². The Balaban J connectivity index is 1.47. The van der Waals surface area contributed by atoms with E-state index in [1.54, 1.807) is 6.92 Å². The highest BCUT2D eigenvalue weighted by molar-refractivity contribution is 5.85. The summed E-state index contributed by atoms with van der Waals surface area (Å²) in [4.78, 5) is 16.5. The molecule has 0 unspecified atom stereocenters. The summed E-state index contributed by atoms with van der Waals surface area (Å²) in [6.45, 7) is 7.52. The number of nitrogens with zero attached hydrogens (tertiary/aromatic N) is 1. The smallest absolute Gasteiger partial charge is 0.332 e. The van der Waals surface area contributed by atoms with Crippen LogP contribution in [-0.4, -0.2) is 60.5 Å². The van der Waals surface area contributed by atoms with Crippen LogP contribution in [0.5, 0.6) is 5.75 Å². The number of aromatic nitrogens is 1. The molecule has 0 amide bonds. The zero-order valence-electron chi connectivity index (χ0n) is 24.1. The molecule has 0 saturated carbocycles. The first-order chi connectivity index (χ1) is 19.6. The Kier molecular flexibility index (Phi) is 10.1. The zero-order chi connectivity index (χ0) is 29.6. The maximum atomic E-state index is 15.7. The third kappa shape index (κ3) is 7.71. The van der Waals surface area contributed by atoms with Crippen molar-refractivity contribution in [2.45, 2.75) is 64.7 Å². The van der Waals surface area contributed by atoms with Gasteiger partial charge >= 0.3 is 5.97 Å². The second-order valence-electron chi connectivity index (χ2n) is 11.0. The second kappa shape index (κ2) is 13.6. The average Bonchev–Trinajstić information content (AvgIpc) is 3.26. The van der Waals surface area contributed by atoms with E-state index in [9.17, 15) is 9.18 Å². The topological polar surface area (TPSA) is 63.8 Å². The molecule has 0 spiro atoms. The third-order valence-corrected chi connectivity index (χ3v) is 7.08. The molecule has 6 nitrogen and oxygen atoms in total. The summed E-state index contributed by atoms with van der Waals surface area (Å²) in [6, 6.07) is 9.23. The van der Waals surface area contributed by atoms with Crippen LogP contribution in [0, 0.1) is 11.6 Å². The average molecular weight is 573 g/mol. The first kappa shape index (κ1) is 30.7. The molecule has 0 saturated heterocycles. The summed E-state index contributed by atoms with van der Waals surface area (Å²) in [5.74, 6) is -1.78. The van der Waals surface area contributed by atoms with Crippen molar-refractivity contribution < 1.29 is 32.2 Å². The number of aromatic amines is 1. The van der Waals surface area contributed by atoms with Gasteiger partial charge in [0.15, 0.2) is 0 Å². The molecule has 41 heavy (non-hydrogen) atoms. The Hall–Kier alpha value is -3.30. The van der Waals surface area contributed by atoms with Gasteiger partial charge in [-0.2, -0.15) is 0 Å².